The normalized spacial score (nSPS) is 20.2. The summed E-state index contributed by atoms with van der Waals surface area (Å²) in [5, 5.41) is 11.1. The zero-order chi connectivity index (χ0) is 22.3. The lowest BCUT2D eigenvalue weighted by Gasteiger charge is -2.41. The highest BCUT2D eigenvalue weighted by Gasteiger charge is 2.44. The molecule has 1 aromatic heterocycles. The summed E-state index contributed by atoms with van der Waals surface area (Å²) in [5.41, 5.74) is 3.29. The van der Waals surface area contributed by atoms with E-state index in [1.807, 2.05) is 12.1 Å². The highest BCUT2D eigenvalue weighted by molar-refractivity contribution is 6.07. The Bertz CT molecular complexity index is 1110. The van der Waals surface area contributed by atoms with Crippen LogP contribution in [0.15, 0.2) is 60.0 Å². The number of ether oxygens (including phenoxy) is 1. The van der Waals surface area contributed by atoms with Crippen molar-refractivity contribution in [2.45, 2.75) is 25.0 Å². The minimum Gasteiger partial charge on any atom is -0.366 e. The first-order valence-corrected chi connectivity index (χ1v) is 10.6. The Kier molecular flexibility index (Phi) is 5.36. The summed E-state index contributed by atoms with van der Waals surface area (Å²) in [7, 11) is 0. The van der Waals surface area contributed by atoms with Gasteiger partial charge in [0.2, 0.25) is 5.78 Å². The van der Waals surface area contributed by atoms with Gasteiger partial charge in [-0.15, -0.1) is 0 Å². The van der Waals surface area contributed by atoms with Crippen LogP contribution in [-0.2, 0) is 11.3 Å². The molecule has 8 heteroatoms. The fourth-order valence-corrected chi connectivity index (χ4v) is 4.68. The van der Waals surface area contributed by atoms with Crippen LogP contribution in [-0.4, -0.2) is 57.8 Å². The minimum absolute atomic E-state index is 0.0646. The van der Waals surface area contributed by atoms with Crippen molar-refractivity contribution in [2.75, 3.05) is 26.2 Å². The van der Waals surface area contributed by atoms with Crippen molar-refractivity contribution < 1.29 is 23.5 Å². The number of hydroxylamine groups is 2. The second kappa shape index (κ2) is 8.20. The molecule has 1 spiro atoms. The third-order valence-corrected chi connectivity index (χ3v) is 6.52. The number of carbonyl (C=O) groups excluding carboxylic acids is 1. The lowest BCUT2D eigenvalue weighted by atomic mass is 9.82. The smallest absolute Gasteiger partial charge is 0.211 e. The van der Waals surface area contributed by atoms with Crippen LogP contribution in [0, 0.1) is 11.6 Å². The Morgan fingerprint density at radius 3 is 2.69 bits per heavy atom. The van der Waals surface area contributed by atoms with Crippen molar-refractivity contribution in [3.8, 4) is 0 Å². The number of rotatable bonds is 4. The maximum Gasteiger partial charge on any atom is 0.211 e. The molecule has 3 aliphatic heterocycles. The third-order valence-electron chi connectivity index (χ3n) is 6.52. The van der Waals surface area contributed by atoms with Crippen LogP contribution < -0.4 is 0 Å². The summed E-state index contributed by atoms with van der Waals surface area (Å²) >= 11 is 0. The molecule has 3 aliphatic rings. The quantitative estimate of drug-likeness (QED) is 0.736. The molecule has 166 valence electrons. The van der Waals surface area contributed by atoms with Gasteiger partial charge in [-0.25, -0.2) is 8.78 Å². The standard InChI is InChI=1S/C24H23F2N3O3/c25-20-3-2-17(11-21(20)26)23(30)22-4-1-16(12-27-22)13-28-9-6-24(7-10-28)19-14-29(31)8-5-18(19)15-32-24/h1-5,8,11-12,31H,6-7,9-10,13-15H2. The van der Waals surface area contributed by atoms with E-state index in [1.54, 1.807) is 18.5 Å². The van der Waals surface area contributed by atoms with Crippen LogP contribution in [0.1, 0.15) is 34.5 Å². The predicted octanol–water partition coefficient (Wildman–Crippen LogP) is 3.47. The van der Waals surface area contributed by atoms with Gasteiger partial charge in [-0.2, -0.15) is 0 Å². The van der Waals surface area contributed by atoms with E-state index in [2.05, 4.69) is 9.88 Å². The number of benzene rings is 1. The van der Waals surface area contributed by atoms with Gasteiger partial charge in [0.1, 0.15) is 5.69 Å². The van der Waals surface area contributed by atoms with Crippen LogP contribution in [0.5, 0.6) is 0 Å². The van der Waals surface area contributed by atoms with Crippen LogP contribution in [0.4, 0.5) is 8.78 Å². The molecule has 0 amide bonds. The maximum absolute atomic E-state index is 13.4. The molecule has 6 nitrogen and oxygen atoms in total. The summed E-state index contributed by atoms with van der Waals surface area (Å²) in [4.78, 5) is 19.0. The van der Waals surface area contributed by atoms with E-state index in [0.717, 1.165) is 43.6 Å². The van der Waals surface area contributed by atoms with Gasteiger partial charge >= 0.3 is 0 Å². The highest BCUT2D eigenvalue weighted by atomic mass is 19.2. The number of hydrogen-bond acceptors (Lipinski definition) is 6. The number of ketones is 1. The fourth-order valence-electron chi connectivity index (χ4n) is 4.68. The zero-order valence-corrected chi connectivity index (χ0v) is 17.4. The second-order valence-electron chi connectivity index (χ2n) is 8.49. The van der Waals surface area contributed by atoms with E-state index < -0.39 is 17.4 Å². The van der Waals surface area contributed by atoms with Gasteiger partial charge in [-0.1, -0.05) is 6.07 Å². The molecule has 2 aromatic rings. The molecule has 0 radical (unpaired) electrons. The van der Waals surface area contributed by atoms with Crippen molar-refractivity contribution in [3.05, 3.63) is 88.4 Å². The first kappa shape index (κ1) is 20.9. The topological polar surface area (TPSA) is 65.9 Å². The molecular weight excluding hydrogens is 416 g/mol. The van der Waals surface area contributed by atoms with Gasteiger partial charge in [0.25, 0.3) is 0 Å². The maximum atomic E-state index is 13.4. The van der Waals surface area contributed by atoms with Crippen molar-refractivity contribution in [3.63, 3.8) is 0 Å². The number of nitrogens with zero attached hydrogens (tertiary/aromatic N) is 3. The first-order chi connectivity index (χ1) is 15.4. The Labute approximate surface area is 184 Å². The lowest BCUT2D eigenvalue weighted by Crippen LogP contribution is -2.47. The van der Waals surface area contributed by atoms with Gasteiger partial charge in [-0.05, 0) is 59.9 Å². The van der Waals surface area contributed by atoms with Crippen LogP contribution in [0.2, 0.25) is 0 Å². The molecule has 1 saturated heterocycles. The molecule has 0 unspecified atom stereocenters. The predicted molar refractivity (Wildman–Crippen MR) is 112 cm³/mol. The average molecular weight is 439 g/mol. The molecule has 1 fully saturated rings. The summed E-state index contributed by atoms with van der Waals surface area (Å²) in [6.45, 7) is 3.48. The number of aromatic nitrogens is 1. The number of hydrogen-bond donors (Lipinski definition) is 1. The fraction of sp³-hybridized carbons (Fsp3) is 0.333. The van der Waals surface area contributed by atoms with E-state index in [1.165, 1.54) is 22.3 Å². The number of carbonyl (C=O) groups is 1. The Hall–Kier alpha value is -2.94. The number of halogens is 2. The Morgan fingerprint density at radius 2 is 1.97 bits per heavy atom. The molecule has 4 heterocycles. The van der Waals surface area contributed by atoms with Crippen LogP contribution in [0.3, 0.4) is 0 Å². The van der Waals surface area contributed by atoms with E-state index in [-0.39, 0.29) is 16.9 Å². The van der Waals surface area contributed by atoms with Crippen molar-refractivity contribution >= 4 is 5.78 Å². The van der Waals surface area contributed by atoms with Crippen LogP contribution >= 0.6 is 0 Å². The van der Waals surface area contributed by atoms with Gasteiger partial charge in [0, 0.05) is 37.6 Å². The van der Waals surface area contributed by atoms with Gasteiger partial charge in [0.15, 0.2) is 11.6 Å². The van der Waals surface area contributed by atoms with Gasteiger partial charge in [0.05, 0.1) is 18.8 Å². The van der Waals surface area contributed by atoms with Gasteiger partial charge in [-0.3, -0.25) is 24.9 Å². The molecule has 0 atom stereocenters. The SMILES string of the molecule is O=C(c1ccc(F)c(F)c1)c1ccc(CN2CCC3(CC2)OCC2=C3CN(O)C=C2)cn1. The van der Waals surface area contributed by atoms with Crippen molar-refractivity contribution in [1.29, 1.82) is 0 Å². The number of pyridine rings is 1. The zero-order valence-electron chi connectivity index (χ0n) is 17.4. The molecule has 1 aromatic carbocycles. The van der Waals surface area contributed by atoms with Crippen LogP contribution in [0.25, 0.3) is 0 Å². The number of piperidine rings is 1. The minimum atomic E-state index is -1.06. The summed E-state index contributed by atoms with van der Waals surface area (Å²) in [5.74, 6) is -2.49. The van der Waals surface area contributed by atoms with E-state index in [0.29, 0.717) is 19.7 Å². The molecule has 0 saturated carbocycles. The molecule has 5 rings (SSSR count). The molecule has 1 N–H and O–H groups in total. The number of likely N-dealkylation sites (tertiary alicyclic amines) is 1. The van der Waals surface area contributed by atoms with Crippen molar-refractivity contribution in [2.24, 2.45) is 0 Å². The lowest BCUT2D eigenvalue weighted by molar-refractivity contribution is -0.0602. The molecule has 0 bridgehead atoms. The Balaban J connectivity index is 1.21. The average Bonchev–Trinajstić information content (AvgIpc) is 3.14. The largest absolute Gasteiger partial charge is 0.366 e. The second-order valence-corrected chi connectivity index (χ2v) is 8.49. The third kappa shape index (κ3) is 3.85. The van der Waals surface area contributed by atoms with E-state index >= 15 is 0 Å². The highest BCUT2D eigenvalue weighted by Crippen LogP contribution is 2.42. The van der Waals surface area contributed by atoms with E-state index in [4.69, 9.17) is 4.74 Å². The van der Waals surface area contributed by atoms with Gasteiger partial charge < -0.3 is 4.74 Å². The molecule has 0 aliphatic carbocycles. The molecule has 32 heavy (non-hydrogen) atoms. The summed E-state index contributed by atoms with van der Waals surface area (Å²) < 4.78 is 32.7. The molecular formula is C24H23F2N3O3. The summed E-state index contributed by atoms with van der Waals surface area (Å²) in [6.07, 6.45) is 6.96. The monoisotopic (exact) mass is 439 g/mol. The number of fused-ring (bicyclic) bond motifs is 1. The summed E-state index contributed by atoms with van der Waals surface area (Å²) in [6, 6.07) is 6.54. The van der Waals surface area contributed by atoms with E-state index in [9.17, 15) is 18.8 Å². The Morgan fingerprint density at radius 1 is 1.16 bits per heavy atom. The van der Waals surface area contributed by atoms with Crippen molar-refractivity contribution in [1.82, 2.24) is 14.9 Å². The first-order valence-electron chi connectivity index (χ1n) is 10.6.